The maximum Gasteiger partial charge on any atom is 0.138 e. The Morgan fingerprint density at radius 2 is 2.47 bits per heavy atom. The van der Waals surface area contributed by atoms with Crippen molar-refractivity contribution in [2.75, 3.05) is 17.6 Å². The molecule has 1 N–H and O–H groups in total. The van der Waals surface area contributed by atoms with Crippen molar-refractivity contribution in [2.24, 2.45) is 0 Å². The van der Waals surface area contributed by atoms with Crippen LogP contribution in [0.15, 0.2) is 30.6 Å². The molecule has 1 unspecified atom stereocenters. The number of fused-ring (bicyclic) bond motifs is 1. The van der Waals surface area contributed by atoms with Crippen molar-refractivity contribution >= 4 is 23.2 Å². The van der Waals surface area contributed by atoms with E-state index in [1.165, 1.54) is 18.6 Å². The first-order valence-electron chi connectivity index (χ1n) is 6.07. The minimum absolute atomic E-state index is 0.392. The molecule has 0 amide bonds. The summed E-state index contributed by atoms with van der Waals surface area (Å²) in [4.78, 5) is 4.29. The second kappa shape index (κ2) is 4.26. The molecule has 90 valence electrons. The van der Waals surface area contributed by atoms with Gasteiger partial charge in [-0.15, -0.1) is 0 Å². The molecule has 1 atom stereocenters. The lowest BCUT2D eigenvalue weighted by atomic mass is 10.1. The zero-order valence-electron chi connectivity index (χ0n) is 10.0. The molecule has 4 heteroatoms. The van der Waals surface area contributed by atoms with Crippen molar-refractivity contribution in [1.29, 1.82) is 0 Å². The average molecular weight is 247 g/mol. The maximum atomic E-state index is 4.29. The molecule has 3 nitrogen and oxygen atoms in total. The SMILES string of the molecule is CC1(CNc2cccc3nccn23)CCCS1. The molecule has 0 saturated carbocycles. The van der Waals surface area contributed by atoms with Crippen LogP contribution in [0.3, 0.4) is 0 Å². The molecular weight excluding hydrogens is 230 g/mol. The average Bonchev–Trinajstić information content (AvgIpc) is 2.95. The maximum absolute atomic E-state index is 4.29. The summed E-state index contributed by atoms with van der Waals surface area (Å²) in [6.07, 6.45) is 6.50. The number of nitrogens with zero attached hydrogens (tertiary/aromatic N) is 2. The van der Waals surface area contributed by atoms with Crippen LogP contribution in [0.5, 0.6) is 0 Å². The smallest absolute Gasteiger partial charge is 0.138 e. The third kappa shape index (κ3) is 2.14. The van der Waals surface area contributed by atoms with E-state index >= 15 is 0 Å². The normalized spacial score (nSPS) is 24.3. The lowest BCUT2D eigenvalue weighted by molar-refractivity contribution is 0.633. The predicted molar refractivity (Wildman–Crippen MR) is 73.8 cm³/mol. The number of aromatic nitrogens is 2. The van der Waals surface area contributed by atoms with Crippen LogP contribution >= 0.6 is 11.8 Å². The zero-order chi connectivity index (χ0) is 11.7. The lowest BCUT2D eigenvalue weighted by Gasteiger charge is -2.23. The fourth-order valence-corrected chi connectivity index (χ4v) is 3.59. The van der Waals surface area contributed by atoms with Gasteiger partial charge < -0.3 is 5.32 Å². The Kier molecular flexibility index (Phi) is 2.74. The van der Waals surface area contributed by atoms with Crippen molar-refractivity contribution in [1.82, 2.24) is 9.38 Å². The molecule has 2 aromatic heterocycles. The molecule has 0 aliphatic carbocycles. The largest absolute Gasteiger partial charge is 0.370 e. The van der Waals surface area contributed by atoms with Gasteiger partial charge in [0, 0.05) is 23.7 Å². The number of rotatable bonds is 3. The fraction of sp³-hybridized carbons (Fsp3) is 0.462. The Bertz CT molecular complexity index is 514. The summed E-state index contributed by atoms with van der Waals surface area (Å²) in [5.74, 6) is 2.43. The van der Waals surface area contributed by atoms with Crippen molar-refractivity contribution in [2.45, 2.75) is 24.5 Å². The van der Waals surface area contributed by atoms with Gasteiger partial charge in [-0.2, -0.15) is 11.8 Å². The van der Waals surface area contributed by atoms with E-state index in [1.807, 2.05) is 18.5 Å². The summed E-state index contributed by atoms with van der Waals surface area (Å²) in [5.41, 5.74) is 0.999. The number of hydrogen-bond acceptors (Lipinski definition) is 3. The molecule has 17 heavy (non-hydrogen) atoms. The van der Waals surface area contributed by atoms with E-state index < -0.39 is 0 Å². The van der Waals surface area contributed by atoms with Gasteiger partial charge in [-0.1, -0.05) is 6.07 Å². The van der Waals surface area contributed by atoms with Crippen molar-refractivity contribution in [3.8, 4) is 0 Å². The summed E-state index contributed by atoms with van der Waals surface area (Å²) in [5, 5.41) is 3.56. The van der Waals surface area contributed by atoms with Gasteiger partial charge in [0.05, 0.1) is 0 Å². The van der Waals surface area contributed by atoms with Gasteiger partial charge in [0.1, 0.15) is 11.5 Å². The third-order valence-corrected chi connectivity index (χ3v) is 4.91. The Balaban J connectivity index is 1.78. The second-order valence-electron chi connectivity index (χ2n) is 4.82. The summed E-state index contributed by atoms with van der Waals surface area (Å²) >= 11 is 2.08. The summed E-state index contributed by atoms with van der Waals surface area (Å²) in [6.45, 7) is 3.38. The van der Waals surface area contributed by atoms with E-state index in [2.05, 4.69) is 45.5 Å². The van der Waals surface area contributed by atoms with E-state index in [0.717, 1.165) is 18.0 Å². The highest BCUT2D eigenvalue weighted by atomic mass is 32.2. The van der Waals surface area contributed by atoms with Crippen molar-refractivity contribution < 1.29 is 0 Å². The lowest BCUT2D eigenvalue weighted by Crippen LogP contribution is -2.27. The van der Waals surface area contributed by atoms with Gasteiger partial charge in [-0.05, 0) is 37.7 Å². The number of hydrogen-bond donors (Lipinski definition) is 1. The molecule has 1 aliphatic heterocycles. The van der Waals surface area contributed by atoms with Gasteiger partial charge in [0.15, 0.2) is 0 Å². The Labute approximate surface area is 106 Å². The molecular formula is C13H17N3S. The summed E-state index contributed by atoms with van der Waals surface area (Å²) < 4.78 is 2.49. The molecule has 1 saturated heterocycles. The molecule has 2 aromatic rings. The van der Waals surface area contributed by atoms with E-state index in [1.54, 1.807) is 0 Å². The van der Waals surface area contributed by atoms with Crippen LogP contribution < -0.4 is 5.32 Å². The van der Waals surface area contributed by atoms with Crippen molar-refractivity contribution in [3.05, 3.63) is 30.6 Å². The van der Waals surface area contributed by atoms with Crippen LogP contribution in [0.1, 0.15) is 19.8 Å². The molecule has 0 bridgehead atoms. The van der Waals surface area contributed by atoms with Crippen LogP contribution in [-0.4, -0.2) is 26.4 Å². The quantitative estimate of drug-likeness (QED) is 0.904. The van der Waals surface area contributed by atoms with Crippen LogP contribution in [-0.2, 0) is 0 Å². The minimum Gasteiger partial charge on any atom is -0.370 e. The molecule has 1 aliphatic rings. The van der Waals surface area contributed by atoms with Crippen LogP contribution in [0, 0.1) is 0 Å². The van der Waals surface area contributed by atoms with Crippen LogP contribution in [0.2, 0.25) is 0 Å². The fourth-order valence-electron chi connectivity index (χ4n) is 2.35. The third-order valence-electron chi connectivity index (χ3n) is 3.37. The molecule has 0 aromatic carbocycles. The van der Waals surface area contributed by atoms with Gasteiger partial charge in [-0.3, -0.25) is 4.40 Å². The number of imidazole rings is 1. The van der Waals surface area contributed by atoms with E-state index in [0.29, 0.717) is 4.75 Å². The van der Waals surface area contributed by atoms with Gasteiger partial charge in [0.2, 0.25) is 0 Å². The highest BCUT2D eigenvalue weighted by Gasteiger charge is 2.29. The molecule has 1 fully saturated rings. The van der Waals surface area contributed by atoms with Crippen LogP contribution in [0.25, 0.3) is 5.65 Å². The first kappa shape index (κ1) is 11.0. The number of anilines is 1. The monoisotopic (exact) mass is 247 g/mol. The molecule has 0 spiro atoms. The molecule has 3 rings (SSSR count). The standard InChI is InChI=1S/C13H17N3S/c1-13(6-3-9-17-13)10-15-12-5-2-4-11-14-7-8-16(11)12/h2,4-5,7-8,15H,3,6,9-10H2,1H3. The van der Waals surface area contributed by atoms with Crippen LogP contribution in [0.4, 0.5) is 5.82 Å². The Morgan fingerprint density at radius 1 is 1.53 bits per heavy atom. The Hall–Kier alpha value is -1.16. The number of pyridine rings is 1. The minimum atomic E-state index is 0.392. The predicted octanol–water partition coefficient (Wildman–Crippen LogP) is 3.03. The zero-order valence-corrected chi connectivity index (χ0v) is 10.8. The summed E-state index contributed by atoms with van der Waals surface area (Å²) in [7, 11) is 0. The highest BCUT2D eigenvalue weighted by Crippen LogP contribution is 2.37. The molecule has 0 radical (unpaired) electrons. The first-order chi connectivity index (χ1) is 8.27. The second-order valence-corrected chi connectivity index (χ2v) is 6.50. The highest BCUT2D eigenvalue weighted by molar-refractivity contribution is 8.00. The van der Waals surface area contributed by atoms with Crippen molar-refractivity contribution in [3.63, 3.8) is 0 Å². The number of thioether (sulfide) groups is 1. The Morgan fingerprint density at radius 3 is 3.29 bits per heavy atom. The van der Waals surface area contributed by atoms with E-state index in [9.17, 15) is 0 Å². The first-order valence-corrected chi connectivity index (χ1v) is 7.05. The summed E-state index contributed by atoms with van der Waals surface area (Å²) in [6, 6.07) is 6.18. The number of nitrogens with one attached hydrogen (secondary N) is 1. The van der Waals surface area contributed by atoms with E-state index in [-0.39, 0.29) is 0 Å². The van der Waals surface area contributed by atoms with Gasteiger partial charge >= 0.3 is 0 Å². The van der Waals surface area contributed by atoms with Gasteiger partial charge in [0.25, 0.3) is 0 Å². The van der Waals surface area contributed by atoms with E-state index in [4.69, 9.17) is 0 Å². The van der Waals surface area contributed by atoms with Gasteiger partial charge in [-0.25, -0.2) is 4.98 Å². The molecule has 3 heterocycles. The topological polar surface area (TPSA) is 29.3 Å².